The van der Waals surface area contributed by atoms with E-state index in [0.29, 0.717) is 17.2 Å². The summed E-state index contributed by atoms with van der Waals surface area (Å²) in [6.45, 7) is 2.65. The molecule has 1 aromatic carbocycles. The van der Waals surface area contributed by atoms with Crippen LogP contribution < -0.4 is 5.32 Å². The molecule has 3 aromatic heterocycles. The van der Waals surface area contributed by atoms with Crippen molar-refractivity contribution in [2.24, 2.45) is 0 Å². The Kier molecular flexibility index (Phi) is 4.57. The number of benzene rings is 1. The molecule has 0 saturated carbocycles. The molecule has 0 radical (unpaired) electrons. The van der Waals surface area contributed by atoms with E-state index in [1.54, 1.807) is 12.3 Å². The highest BCUT2D eigenvalue weighted by atomic mass is 79.9. The number of amides is 1. The Morgan fingerprint density at radius 2 is 2.04 bits per heavy atom. The standard InChI is InChI=1S/C19H15BrN4OS/c1-12-15-9-16(18(25)22-17-8-7-14(20)10-21-17)26-19(15)24(23-12)11-13-5-3-2-4-6-13/h2-10H,11H2,1H3,(H,21,22,25). The molecule has 1 amide bonds. The minimum atomic E-state index is -0.160. The number of carbonyl (C=O) groups is 1. The Morgan fingerprint density at radius 1 is 1.23 bits per heavy atom. The van der Waals surface area contributed by atoms with Gasteiger partial charge in [0.25, 0.3) is 5.91 Å². The molecule has 0 aliphatic carbocycles. The van der Waals surface area contributed by atoms with E-state index in [2.05, 4.69) is 43.5 Å². The van der Waals surface area contributed by atoms with E-state index < -0.39 is 0 Å². The zero-order valence-electron chi connectivity index (χ0n) is 13.9. The Labute approximate surface area is 162 Å². The third kappa shape index (κ3) is 3.40. The molecule has 5 nitrogen and oxygen atoms in total. The molecule has 0 aliphatic heterocycles. The number of nitrogens with zero attached hydrogens (tertiary/aromatic N) is 3. The molecule has 130 valence electrons. The van der Waals surface area contributed by atoms with E-state index in [-0.39, 0.29) is 5.91 Å². The molecular formula is C19H15BrN4OS. The summed E-state index contributed by atoms with van der Waals surface area (Å²) in [7, 11) is 0. The lowest BCUT2D eigenvalue weighted by atomic mass is 10.2. The van der Waals surface area contributed by atoms with E-state index in [1.807, 2.05) is 41.9 Å². The van der Waals surface area contributed by atoms with Gasteiger partial charge in [-0.3, -0.25) is 9.48 Å². The fourth-order valence-corrected chi connectivity index (χ4v) is 4.01. The van der Waals surface area contributed by atoms with Crippen LogP contribution in [0.2, 0.25) is 0 Å². The number of fused-ring (bicyclic) bond motifs is 1. The second-order valence-electron chi connectivity index (χ2n) is 5.87. The van der Waals surface area contributed by atoms with E-state index in [0.717, 1.165) is 20.4 Å². The molecule has 0 fully saturated rings. The van der Waals surface area contributed by atoms with Crippen molar-refractivity contribution in [1.82, 2.24) is 14.8 Å². The van der Waals surface area contributed by atoms with Gasteiger partial charge in [0.1, 0.15) is 10.6 Å². The van der Waals surface area contributed by atoms with Crippen molar-refractivity contribution >= 4 is 49.2 Å². The highest BCUT2D eigenvalue weighted by molar-refractivity contribution is 9.10. The zero-order chi connectivity index (χ0) is 18.1. The number of hydrogen-bond donors (Lipinski definition) is 1. The first-order chi connectivity index (χ1) is 12.6. The summed E-state index contributed by atoms with van der Waals surface area (Å²) in [5.41, 5.74) is 2.10. The predicted molar refractivity (Wildman–Crippen MR) is 108 cm³/mol. The monoisotopic (exact) mass is 426 g/mol. The fourth-order valence-electron chi connectivity index (χ4n) is 2.72. The second kappa shape index (κ2) is 7.01. The molecule has 0 atom stereocenters. The van der Waals surface area contributed by atoms with Crippen LogP contribution in [-0.2, 0) is 6.54 Å². The maximum atomic E-state index is 12.6. The highest BCUT2D eigenvalue weighted by Crippen LogP contribution is 2.29. The summed E-state index contributed by atoms with van der Waals surface area (Å²) in [5, 5.41) is 8.47. The Bertz CT molecular complexity index is 1070. The molecule has 0 aliphatic rings. The highest BCUT2D eigenvalue weighted by Gasteiger charge is 2.17. The number of aryl methyl sites for hydroxylation is 1. The summed E-state index contributed by atoms with van der Waals surface area (Å²) < 4.78 is 2.83. The van der Waals surface area contributed by atoms with Gasteiger partial charge in [-0.2, -0.15) is 5.10 Å². The Morgan fingerprint density at radius 3 is 2.77 bits per heavy atom. The number of anilines is 1. The number of pyridine rings is 1. The number of hydrogen-bond acceptors (Lipinski definition) is 4. The molecule has 0 unspecified atom stereocenters. The maximum Gasteiger partial charge on any atom is 0.266 e. The smallest absolute Gasteiger partial charge is 0.266 e. The van der Waals surface area contributed by atoms with Crippen molar-refractivity contribution in [1.29, 1.82) is 0 Å². The number of thiophene rings is 1. The van der Waals surface area contributed by atoms with Crippen molar-refractivity contribution < 1.29 is 4.79 Å². The third-order valence-corrected chi connectivity index (χ3v) is 5.59. The topological polar surface area (TPSA) is 59.8 Å². The van der Waals surface area contributed by atoms with Crippen LogP contribution in [0, 0.1) is 6.92 Å². The third-order valence-electron chi connectivity index (χ3n) is 3.98. The van der Waals surface area contributed by atoms with Gasteiger partial charge in [-0.05, 0) is 46.6 Å². The first-order valence-electron chi connectivity index (χ1n) is 8.04. The molecule has 3 heterocycles. The molecule has 0 saturated heterocycles. The molecule has 0 spiro atoms. The lowest BCUT2D eigenvalue weighted by Crippen LogP contribution is -2.11. The number of carbonyl (C=O) groups excluding carboxylic acids is 1. The lowest BCUT2D eigenvalue weighted by Gasteiger charge is -2.03. The van der Waals surface area contributed by atoms with Gasteiger partial charge in [0.05, 0.1) is 17.1 Å². The van der Waals surface area contributed by atoms with Crippen molar-refractivity contribution in [2.45, 2.75) is 13.5 Å². The zero-order valence-corrected chi connectivity index (χ0v) is 16.3. The summed E-state index contributed by atoms with van der Waals surface area (Å²) in [4.78, 5) is 18.4. The van der Waals surface area contributed by atoms with Gasteiger partial charge in [-0.1, -0.05) is 30.3 Å². The molecule has 1 N–H and O–H groups in total. The van der Waals surface area contributed by atoms with Crippen molar-refractivity contribution in [2.75, 3.05) is 5.32 Å². The van der Waals surface area contributed by atoms with Crippen LogP contribution in [-0.4, -0.2) is 20.7 Å². The van der Waals surface area contributed by atoms with Gasteiger partial charge in [-0.15, -0.1) is 11.3 Å². The lowest BCUT2D eigenvalue weighted by molar-refractivity contribution is 0.103. The SMILES string of the molecule is Cc1nn(Cc2ccccc2)c2sc(C(=O)Nc3ccc(Br)cn3)cc12. The molecule has 7 heteroatoms. The first kappa shape index (κ1) is 16.9. The van der Waals surface area contributed by atoms with Crippen LogP contribution in [0.5, 0.6) is 0 Å². The maximum absolute atomic E-state index is 12.6. The van der Waals surface area contributed by atoms with Gasteiger partial charge in [0, 0.05) is 16.1 Å². The van der Waals surface area contributed by atoms with Crippen molar-refractivity contribution in [3.63, 3.8) is 0 Å². The fraction of sp³-hybridized carbons (Fsp3) is 0.105. The Hall–Kier alpha value is -2.51. The van der Waals surface area contributed by atoms with Crippen LogP contribution in [0.15, 0.2) is 59.2 Å². The summed E-state index contributed by atoms with van der Waals surface area (Å²) in [6.07, 6.45) is 1.66. The average molecular weight is 427 g/mol. The van der Waals surface area contributed by atoms with E-state index in [1.165, 1.54) is 16.9 Å². The largest absolute Gasteiger partial charge is 0.306 e. The Balaban J connectivity index is 1.61. The molecule has 4 rings (SSSR count). The molecule has 4 aromatic rings. The quantitative estimate of drug-likeness (QED) is 0.506. The van der Waals surface area contributed by atoms with Crippen LogP contribution in [0.3, 0.4) is 0 Å². The van der Waals surface area contributed by atoms with E-state index in [4.69, 9.17) is 0 Å². The summed E-state index contributed by atoms with van der Waals surface area (Å²) in [5.74, 6) is 0.366. The number of rotatable bonds is 4. The van der Waals surface area contributed by atoms with Crippen LogP contribution >= 0.6 is 27.3 Å². The predicted octanol–water partition coefficient (Wildman–Crippen LogP) is 4.86. The van der Waals surface area contributed by atoms with E-state index >= 15 is 0 Å². The molecule has 26 heavy (non-hydrogen) atoms. The van der Waals surface area contributed by atoms with Gasteiger partial charge < -0.3 is 5.32 Å². The second-order valence-corrected chi connectivity index (χ2v) is 7.82. The molecular weight excluding hydrogens is 412 g/mol. The number of aromatic nitrogens is 3. The minimum absolute atomic E-state index is 0.160. The van der Waals surface area contributed by atoms with Gasteiger partial charge >= 0.3 is 0 Å². The van der Waals surface area contributed by atoms with Crippen LogP contribution in [0.4, 0.5) is 5.82 Å². The number of nitrogens with one attached hydrogen (secondary N) is 1. The first-order valence-corrected chi connectivity index (χ1v) is 9.65. The van der Waals surface area contributed by atoms with Gasteiger partial charge in [0.2, 0.25) is 0 Å². The van der Waals surface area contributed by atoms with Crippen molar-refractivity contribution in [3.8, 4) is 0 Å². The summed E-state index contributed by atoms with van der Waals surface area (Å²) in [6, 6.07) is 15.7. The van der Waals surface area contributed by atoms with Crippen molar-refractivity contribution in [3.05, 3.63) is 75.3 Å². The van der Waals surface area contributed by atoms with E-state index in [9.17, 15) is 4.79 Å². The van der Waals surface area contributed by atoms with Crippen LogP contribution in [0.25, 0.3) is 10.2 Å². The average Bonchev–Trinajstić information content (AvgIpc) is 3.20. The normalized spacial score (nSPS) is 11.0. The van der Waals surface area contributed by atoms with Crippen LogP contribution in [0.1, 0.15) is 20.9 Å². The summed E-state index contributed by atoms with van der Waals surface area (Å²) >= 11 is 4.78. The van der Waals surface area contributed by atoms with Gasteiger partial charge in [-0.25, -0.2) is 4.98 Å². The number of halogens is 1. The molecule has 0 bridgehead atoms. The minimum Gasteiger partial charge on any atom is -0.306 e. The van der Waals surface area contributed by atoms with Gasteiger partial charge in [0.15, 0.2) is 0 Å².